The summed E-state index contributed by atoms with van der Waals surface area (Å²) in [4.78, 5) is 18.7. The SMILES string of the molecule is Cc1ccc([C@@H]2c3[nH]c4ccccc4c3CCN2C(=O)Nc2ccc(F)cc2)cc1. The molecular weight excluding hydrogens is 377 g/mol. The van der Waals surface area contributed by atoms with Crippen LogP contribution >= 0.6 is 0 Å². The van der Waals surface area contributed by atoms with Gasteiger partial charge in [-0.1, -0.05) is 48.0 Å². The second kappa shape index (κ2) is 7.34. The molecule has 0 bridgehead atoms. The molecule has 0 aliphatic carbocycles. The minimum absolute atomic E-state index is 0.198. The van der Waals surface area contributed by atoms with E-state index in [1.807, 2.05) is 17.0 Å². The third-order valence-corrected chi connectivity index (χ3v) is 5.78. The number of amides is 2. The molecule has 0 fully saturated rings. The molecule has 2 heterocycles. The van der Waals surface area contributed by atoms with Crippen molar-refractivity contribution in [2.24, 2.45) is 0 Å². The van der Waals surface area contributed by atoms with Crippen LogP contribution in [0.15, 0.2) is 72.8 Å². The van der Waals surface area contributed by atoms with E-state index in [9.17, 15) is 9.18 Å². The van der Waals surface area contributed by atoms with E-state index in [2.05, 4.69) is 53.6 Å². The Morgan fingerprint density at radius 3 is 2.53 bits per heavy atom. The maximum absolute atomic E-state index is 13.2. The lowest BCUT2D eigenvalue weighted by Crippen LogP contribution is -2.43. The Kier molecular flexibility index (Phi) is 4.51. The first kappa shape index (κ1) is 18.4. The van der Waals surface area contributed by atoms with Gasteiger partial charge in [-0.2, -0.15) is 0 Å². The number of aromatic nitrogens is 1. The van der Waals surface area contributed by atoms with E-state index >= 15 is 0 Å². The second-order valence-electron chi connectivity index (χ2n) is 7.76. The average Bonchev–Trinajstić information content (AvgIpc) is 3.14. The van der Waals surface area contributed by atoms with Crippen molar-refractivity contribution in [2.75, 3.05) is 11.9 Å². The van der Waals surface area contributed by atoms with Crippen LogP contribution in [0.3, 0.4) is 0 Å². The molecule has 3 aromatic carbocycles. The second-order valence-corrected chi connectivity index (χ2v) is 7.76. The Morgan fingerprint density at radius 2 is 1.77 bits per heavy atom. The van der Waals surface area contributed by atoms with Crippen LogP contribution in [0.5, 0.6) is 0 Å². The highest BCUT2D eigenvalue weighted by molar-refractivity contribution is 5.91. The summed E-state index contributed by atoms with van der Waals surface area (Å²) < 4.78 is 13.2. The standard InChI is InChI=1S/C25H22FN3O/c1-16-6-8-17(9-7-16)24-23-21(20-4-2-3-5-22(20)28-23)14-15-29(24)25(30)27-19-12-10-18(26)11-13-19/h2-13,24,28H,14-15H2,1H3,(H,27,30)/t24-/m1/s1. The Bertz CT molecular complexity index is 1210. The largest absolute Gasteiger partial charge is 0.356 e. The molecule has 0 saturated carbocycles. The summed E-state index contributed by atoms with van der Waals surface area (Å²) in [7, 11) is 0. The van der Waals surface area contributed by atoms with E-state index in [1.54, 1.807) is 12.1 Å². The molecule has 2 amide bonds. The molecular formula is C25H22FN3O. The molecule has 1 aliphatic heterocycles. The Hall–Kier alpha value is -3.60. The monoisotopic (exact) mass is 399 g/mol. The van der Waals surface area contributed by atoms with Gasteiger partial charge in [-0.25, -0.2) is 9.18 Å². The minimum Gasteiger partial charge on any atom is -0.356 e. The number of carbonyl (C=O) groups is 1. The fourth-order valence-electron chi connectivity index (χ4n) is 4.28. The van der Waals surface area contributed by atoms with Gasteiger partial charge >= 0.3 is 6.03 Å². The summed E-state index contributed by atoms with van der Waals surface area (Å²) in [5, 5.41) is 4.13. The van der Waals surface area contributed by atoms with Gasteiger partial charge in [-0.15, -0.1) is 0 Å². The van der Waals surface area contributed by atoms with Crippen molar-refractivity contribution in [1.29, 1.82) is 0 Å². The molecule has 0 saturated heterocycles. The molecule has 0 spiro atoms. The number of rotatable bonds is 2. The minimum atomic E-state index is -0.328. The van der Waals surface area contributed by atoms with E-state index < -0.39 is 0 Å². The number of nitrogens with zero attached hydrogens (tertiary/aromatic N) is 1. The smallest absolute Gasteiger partial charge is 0.322 e. The number of hydrogen-bond donors (Lipinski definition) is 2. The topological polar surface area (TPSA) is 48.1 Å². The number of urea groups is 1. The van der Waals surface area contributed by atoms with Crippen LogP contribution in [0.4, 0.5) is 14.9 Å². The zero-order valence-corrected chi connectivity index (χ0v) is 16.7. The van der Waals surface area contributed by atoms with Crippen LogP contribution < -0.4 is 5.32 Å². The highest BCUT2D eigenvalue weighted by atomic mass is 19.1. The van der Waals surface area contributed by atoms with Gasteiger partial charge in [0.05, 0.1) is 6.04 Å². The Morgan fingerprint density at radius 1 is 1.03 bits per heavy atom. The number of aryl methyl sites for hydroxylation is 1. The molecule has 2 N–H and O–H groups in total. The number of fused-ring (bicyclic) bond motifs is 3. The van der Waals surface area contributed by atoms with Crippen molar-refractivity contribution >= 4 is 22.6 Å². The molecule has 1 aromatic heterocycles. The maximum Gasteiger partial charge on any atom is 0.322 e. The third-order valence-electron chi connectivity index (χ3n) is 5.78. The number of anilines is 1. The first-order valence-electron chi connectivity index (χ1n) is 10.1. The van der Waals surface area contributed by atoms with Crippen molar-refractivity contribution in [3.8, 4) is 0 Å². The summed E-state index contributed by atoms with van der Waals surface area (Å²) in [6, 6.07) is 22.0. The summed E-state index contributed by atoms with van der Waals surface area (Å²) in [6.07, 6.45) is 0.776. The van der Waals surface area contributed by atoms with Gasteiger partial charge in [-0.3, -0.25) is 0 Å². The average molecular weight is 399 g/mol. The molecule has 0 unspecified atom stereocenters. The lowest BCUT2D eigenvalue weighted by Gasteiger charge is -2.36. The molecule has 4 aromatic rings. The summed E-state index contributed by atoms with van der Waals surface area (Å²) in [5.74, 6) is -0.328. The predicted octanol–water partition coefficient (Wildman–Crippen LogP) is 5.80. The van der Waals surface area contributed by atoms with Gasteiger partial charge < -0.3 is 15.2 Å². The molecule has 30 heavy (non-hydrogen) atoms. The van der Waals surface area contributed by atoms with E-state index in [-0.39, 0.29) is 17.9 Å². The van der Waals surface area contributed by atoms with Crippen LogP contribution in [0, 0.1) is 12.7 Å². The van der Waals surface area contributed by atoms with Gasteiger partial charge in [0.25, 0.3) is 0 Å². The lowest BCUT2D eigenvalue weighted by atomic mass is 9.92. The van der Waals surface area contributed by atoms with Crippen LogP contribution in [-0.2, 0) is 6.42 Å². The van der Waals surface area contributed by atoms with E-state index in [0.717, 1.165) is 23.2 Å². The number of nitrogens with one attached hydrogen (secondary N) is 2. The molecule has 1 aliphatic rings. The number of halogens is 1. The number of aromatic amines is 1. The molecule has 150 valence electrons. The molecule has 5 rings (SSSR count). The van der Waals surface area contributed by atoms with Gasteiger partial charge in [0.15, 0.2) is 0 Å². The zero-order valence-electron chi connectivity index (χ0n) is 16.7. The fourth-order valence-corrected chi connectivity index (χ4v) is 4.28. The highest BCUT2D eigenvalue weighted by Crippen LogP contribution is 2.38. The number of para-hydroxylation sites is 1. The first-order chi connectivity index (χ1) is 14.6. The van der Waals surface area contributed by atoms with Gasteiger partial charge in [-0.05, 0) is 54.8 Å². The van der Waals surface area contributed by atoms with E-state index in [4.69, 9.17) is 0 Å². The highest BCUT2D eigenvalue weighted by Gasteiger charge is 2.34. The number of H-pyrrole nitrogens is 1. The zero-order chi connectivity index (χ0) is 20.7. The van der Waals surface area contributed by atoms with E-state index in [1.165, 1.54) is 28.6 Å². The first-order valence-corrected chi connectivity index (χ1v) is 10.1. The molecule has 1 atom stereocenters. The van der Waals surface area contributed by atoms with Crippen LogP contribution in [0.1, 0.15) is 28.4 Å². The molecule has 5 heteroatoms. The normalized spacial score (nSPS) is 15.8. The Balaban J connectivity index is 1.56. The number of benzene rings is 3. The summed E-state index contributed by atoms with van der Waals surface area (Å²) in [6.45, 7) is 2.65. The summed E-state index contributed by atoms with van der Waals surface area (Å²) in [5.41, 5.74) is 6.21. The van der Waals surface area contributed by atoms with Gasteiger partial charge in [0, 0.05) is 28.8 Å². The van der Waals surface area contributed by atoms with Crippen LogP contribution in [0.2, 0.25) is 0 Å². The Labute approximate surface area is 174 Å². The van der Waals surface area contributed by atoms with Crippen molar-refractivity contribution < 1.29 is 9.18 Å². The van der Waals surface area contributed by atoms with Gasteiger partial charge in [0.1, 0.15) is 5.82 Å². The van der Waals surface area contributed by atoms with Gasteiger partial charge in [0.2, 0.25) is 0 Å². The molecule has 4 nitrogen and oxygen atoms in total. The number of carbonyl (C=O) groups excluding carboxylic acids is 1. The van der Waals surface area contributed by atoms with Crippen molar-refractivity contribution in [2.45, 2.75) is 19.4 Å². The lowest BCUT2D eigenvalue weighted by molar-refractivity contribution is 0.193. The van der Waals surface area contributed by atoms with Crippen LogP contribution in [0.25, 0.3) is 10.9 Å². The maximum atomic E-state index is 13.2. The quantitative estimate of drug-likeness (QED) is 0.440. The number of hydrogen-bond acceptors (Lipinski definition) is 1. The summed E-state index contributed by atoms with van der Waals surface area (Å²) >= 11 is 0. The van der Waals surface area contributed by atoms with E-state index in [0.29, 0.717) is 12.2 Å². The predicted molar refractivity (Wildman–Crippen MR) is 117 cm³/mol. The van der Waals surface area contributed by atoms with Crippen molar-refractivity contribution in [3.05, 3.63) is 101 Å². The third kappa shape index (κ3) is 3.22. The fraction of sp³-hybridized carbons (Fsp3) is 0.160. The van der Waals surface area contributed by atoms with Crippen molar-refractivity contribution in [3.63, 3.8) is 0 Å². The molecule has 0 radical (unpaired) electrons. The van der Waals surface area contributed by atoms with Crippen LogP contribution in [-0.4, -0.2) is 22.5 Å². The van der Waals surface area contributed by atoms with Crippen molar-refractivity contribution in [1.82, 2.24) is 9.88 Å².